The highest BCUT2D eigenvalue weighted by atomic mass is 31.2. The minimum atomic E-state index is -4.99. The van der Waals surface area contributed by atoms with Crippen LogP contribution in [0.4, 0.5) is 0 Å². The van der Waals surface area contributed by atoms with E-state index in [1.54, 1.807) is 0 Å². The van der Waals surface area contributed by atoms with Gasteiger partial charge < -0.3 is 33.8 Å². The van der Waals surface area contributed by atoms with Gasteiger partial charge in [-0.2, -0.15) is 0 Å². The fourth-order valence-electron chi connectivity index (χ4n) is 11.2. The number of aliphatic hydroxyl groups excluding tert-OH is 1. The van der Waals surface area contributed by atoms with Gasteiger partial charge in [-0.1, -0.05) is 296 Å². The summed E-state index contributed by atoms with van der Waals surface area (Å²) in [5.41, 5.74) is 0. The van der Waals surface area contributed by atoms with Crippen molar-refractivity contribution >= 4 is 39.5 Å². The van der Waals surface area contributed by atoms with Crippen molar-refractivity contribution in [1.29, 1.82) is 0 Å². The van der Waals surface area contributed by atoms with E-state index in [1.165, 1.54) is 57.8 Å². The van der Waals surface area contributed by atoms with E-state index >= 15 is 0 Å². The van der Waals surface area contributed by atoms with Crippen LogP contribution in [0.3, 0.4) is 0 Å². The molecule has 0 rings (SSSR count). The largest absolute Gasteiger partial charge is 0.472 e. The highest BCUT2D eigenvalue weighted by Crippen LogP contribution is 2.45. The fourth-order valence-corrected chi connectivity index (χ4v) is 12.7. The first-order valence-electron chi connectivity index (χ1n) is 42.4. The van der Waals surface area contributed by atoms with E-state index in [0.29, 0.717) is 25.7 Å². The van der Waals surface area contributed by atoms with E-state index in [2.05, 4.69) is 161 Å². The van der Waals surface area contributed by atoms with Crippen LogP contribution in [0.25, 0.3) is 0 Å². The number of hydrogen-bond donors (Lipinski definition) is 3. The van der Waals surface area contributed by atoms with Gasteiger partial charge in [0.05, 0.1) is 26.4 Å². The van der Waals surface area contributed by atoms with Gasteiger partial charge in [0.1, 0.15) is 19.3 Å². The zero-order valence-electron chi connectivity index (χ0n) is 68.0. The summed E-state index contributed by atoms with van der Waals surface area (Å²) in [5, 5.41) is 10.7. The maximum Gasteiger partial charge on any atom is 0.472 e. The van der Waals surface area contributed by atoms with Crippen molar-refractivity contribution < 1.29 is 80.2 Å². The molecule has 0 aliphatic heterocycles. The molecule has 0 heterocycles. The molecule has 0 aromatic heterocycles. The maximum absolute atomic E-state index is 13.1. The van der Waals surface area contributed by atoms with Gasteiger partial charge in [0.2, 0.25) is 0 Å². The third-order valence-electron chi connectivity index (χ3n) is 17.6. The Kier molecular flexibility index (Phi) is 76.7. The number of unbranched alkanes of at least 4 members (excludes halogenated alkanes) is 31. The number of allylic oxidation sites excluding steroid dienone is 22. The van der Waals surface area contributed by atoms with Gasteiger partial charge in [0, 0.05) is 25.7 Å². The smallest absolute Gasteiger partial charge is 0.462 e. The van der Waals surface area contributed by atoms with Gasteiger partial charge in [-0.25, -0.2) is 9.13 Å². The molecule has 5 atom stereocenters. The number of hydrogen-bond acceptors (Lipinski definition) is 15. The number of ether oxygens (including phenoxy) is 4. The molecule has 0 saturated heterocycles. The number of carbonyl (C=O) groups is 4. The Balaban J connectivity index is 5.40. The molecule has 0 bridgehead atoms. The second-order valence-corrected chi connectivity index (χ2v) is 30.9. The summed E-state index contributed by atoms with van der Waals surface area (Å²) in [6.45, 7) is 4.60. The first kappa shape index (κ1) is 103. The van der Waals surface area contributed by atoms with E-state index < -0.39 is 97.5 Å². The summed E-state index contributed by atoms with van der Waals surface area (Å²) in [6.07, 6.45) is 91.2. The molecule has 5 unspecified atom stereocenters. The van der Waals surface area contributed by atoms with Crippen molar-refractivity contribution in [3.63, 3.8) is 0 Å². The molecular weight excluding hydrogens is 1400 g/mol. The Morgan fingerprint density at radius 1 is 0.269 bits per heavy atom. The van der Waals surface area contributed by atoms with Crippen molar-refractivity contribution in [2.45, 2.75) is 367 Å². The normalized spacial score (nSPS) is 14.5. The van der Waals surface area contributed by atoms with Gasteiger partial charge >= 0.3 is 39.5 Å². The predicted molar refractivity (Wildman–Crippen MR) is 445 cm³/mol. The van der Waals surface area contributed by atoms with Crippen LogP contribution < -0.4 is 0 Å². The zero-order chi connectivity index (χ0) is 78.9. The average Bonchev–Trinajstić information content (AvgIpc) is 0.923. The molecule has 3 N–H and O–H groups in total. The minimum Gasteiger partial charge on any atom is -0.462 e. The van der Waals surface area contributed by atoms with Gasteiger partial charge in [-0.3, -0.25) is 37.3 Å². The SMILES string of the molecule is CC/C=C\C/C=C\C/C=C\C/C=C\CCCCCCCCC(=O)OCC(COP(=O)(O)OCC(O)COP(=O)(O)OCC(COC(=O)CCCCCCCC/C=C\C/C=C\C/C=C\C/C=C\CC)OC(=O)CCCCCCC/C=C\CCCCCCCC)OC(=O)CCCCCCC/C=C\C/C=C\CCCCC. The molecule has 0 amide bonds. The van der Waals surface area contributed by atoms with Crippen LogP contribution in [-0.4, -0.2) is 96.7 Å². The van der Waals surface area contributed by atoms with Crippen LogP contribution in [0.1, 0.15) is 349 Å². The Hall–Kier alpha value is -4.80. The summed E-state index contributed by atoms with van der Waals surface area (Å²) in [6, 6.07) is 0. The van der Waals surface area contributed by atoms with Crippen molar-refractivity contribution in [3.05, 3.63) is 134 Å². The first-order valence-corrected chi connectivity index (χ1v) is 45.4. The molecule has 0 saturated carbocycles. The fraction of sp³-hybridized carbons (Fsp3) is 0.708. The van der Waals surface area contributed by atoms with E-state index in [-0.39, 0.29) is 25.7 Å². The van der Waals surface area contributed by atoms with Crippen LogP contribution in [0.2, 0.25) is 0 Å². The van der Waals surface area contributed by atoms with E-state index in [0.717, 1.165) is 212 Å². The number of esters is 4. The number of aliphatic hydroxyl groups is 1. The topological polar surface area (TPSA) is 237 Å². The van der Waals surface area contributed by atoms with Crippen molar-refractivity contribution in [3.8, 4) is 0 Å². The lowest BCUT2D eigenvalue weighted by atomic mass is 10.1. The van der Waals surface area contributed by atoms with Crippen molar-refractivity contribution in [2.24, 2.45) is 0 Å². The molecule has 620 valence electrons. The van der Waals surface area contributed by atoms with Crippen LogP contribution in [0, 0.1) is 0 Å². The monoisotopic (exact) mass is 1560 g/mol. The lowest BCUT2D eigenvalue weighted by molar-refractivity contribution is -0.161. The summed E-state index contributed by atoms with van der Waals surface area (Å²) >= 11 is 0. The first-order chi connectivity index (χ1) is 52.7. The number of carbonyl (C=O) groups excluding carboxylic acids is 4. The number of phosphoric ester groups is 2. The molecule has 0 aromatic carbocycles. The molecule has 0 aliphatic rings. The van der Waals surface area contributed by atoms with Crippen molar-refractivity contribution in [2.75, 3.05) is 39.6 Å². The highest BCUT2D eigenvalue weighted by molar-refractivity contribution is 7.47. The molecule has 17 nitrogen and oxygen atoms in total. The van der Waals surface area contributed by atoms with Gasteiger partial charge in [-0.15, -0.1) is 0 Å². The Labute approximate surface area is 656 Å². The standard InChI is InChI=1S/C89H152O17P2/c1-5-9-13-17-21-25-29-33-37-39-41-43-47-49-53-57-61-65-69-73-86(91)99-79-84(105-88(93)75-71-67-63-59-55-51-45-35-31-27-23-19-15-11-7-3)81-103-107(95,96)101-77-83(90)78-102-108(97,98)104-82-85(106-89(94)76-72-68-64-60-56-52-46-36-32-28-24-20-16-12-8-4)80-100-87(92)74-70-66-62-58-54-50-48-44-42-40-38-34-30-26-22-18-14-10-6-2/h9-10,13-14,21-23,25-27,33-38,41-46,83-85,90H,5-8,11-12,15-20,24,28-32,39-40,47-82H2,1-4H3,(H,95,96)(H,97,98)/b13-9-,14-10-,25-21-,26-22-,27-23-,37-33-,38-34-,43-41-,44-42-,45-35-,46-36-. The van der Waals surface area contributed by atoms with Crippen LogP contribution in [0.5, 0.6) is 0 Å². The number of phosphoric acid groups is 2. The molecule has 0 spiro atoms. The molecule has 0 aromatic rings. The van der Waals surface area contributed by atoms with E-state index in [4.69, 9.17) is 37.0 Å². The third kappa shape index (κ3) is 79.3. The minimum absolute atomic E-state index is 0.0730. The molecule has 0 radical (unpaired) electrons. The second kappa shape index (κ2) is 80.3. The molecule has 19 heteroatoms. The molecule has 0 fully saturated rings. The lowest BCUT2D eigenvalue weighted by Gasteiger charge is -2.21. The van der Waals surface area contributed by atoms with Crippen LogP contribution >= 0.6 is 15.6 Å². The highest BCUT2D eigenvalue weighted by Gasteiger charge is 2.30. The van der Waals surface area contributed by atoms with Crippen LogP contribution in [-0.2, 0) is 65.4 Å². The van der Waals surface area contributed by atoms with E-state index in [1.807, 2.05) is 0 Å². The van der Waals surface area contributed by atoms with Gasteiger partial charge in [0.15, 0.2) is 12.2 Å². The molecule has 0 aliphatic carbocycles. The van der Waals surface area contributed by atoms with Gasteiger partial charge in [-0.05, 0) is 161 Å². The maximum atomic E-state index is 13.1. The summed E-state index contributed by atoms with van der Waals surface area (Å²) in [4.78, 5) is 73.2. The summed E-state index contributed by atoms with van der Waals surface area (Å²) < 4.78 is 68.8. The second-order valence-electron chi connectivity index (χ2n) is 28.0. The quantitative estimate of drug-likeness (QED) is 0.0169. The Bertz CT molecular complexity index is 2560. The molecular formula is C89H152O17P2. The summed E-state index contributed by atoms with van der Waals surface area (Å²) in [7, 11) is -9.98. The number of rotatable bonds is 79. The van der Waals surface area contributed by atoms with Crippen LogP contribution in [0.15, 0.2) is 134 Å². The van der Waals surface area contributed by atoms with E-state index in [9.17, 15) is 43.2 Å². The Morgan fingerprint density at radius 3 is 0.769 bits per heavy atom. The average molecular weight is 1560 g/mol. The molecule has 108 heavy (non-hydrogen) atoms. The van der Waals surface area contributed by atoms with Gasteiger partial charge in [0.25, 0.3) is 0 Å². The van der Waals surface area contributed by atoms with Crippen molar-refractivity contribution in [1.82, 2.24) is 0 Å². The third-order valence-corrected chi connectivity index (χ3v) is 19.5. The predicted octanol–water partition coefficient (Wildman–Crippen LogP) is 25.2. The lowest BCUT2D eigenvalue weighted by Crippen LogP contribution is -2.30. The Morgan fingerprint density at radius 2 is 0.481 bits per heavy atom. The summed E-state index contributed by atoms with van der Waals surface area (Å²) in [5.74, 6) is -2.22. The zero-order valence-corrected chi connectivity index (χ0v) is 69.8.